The second-order valence-corrected chi connectivity index (χ2v) is 6.88. The van der Waals surface area contributed by atoms with Crippen LogP contribution < -0.4 is 0 Å². The van der Waals surface area contributed by atoms with Crippen molar-refractivity contribution in [2.75, 3.05) is 13.1 Å². The van der Waals surface area contributed by atoms with Crippen molar-refractivity contribution >= 4 is 22.0 Å². The van der Waals surface area contributed by atoms with E-state index in [-0.39, 0.29) is 19.0 Å². The number of hydrogen-bond acceptors (Lipinski definition) is 5. The first-order valence-electron chi connectivity index (χ1n) is 6.73. The second kappa shape index (κ2) is 5.94. The van der Waals surface area contributed by atoms with Crippen molar-refractivity contribution < 1.29 is 16.8 Å². The fraction of sp³-hybridized carbons (Fsp3) is 0.385. The minimum absolute atomic E-state index is 0.0150. The number of halogens is 2. The van der Waals surface area contributed by atoms with E-state index < -0.39 is 10.4 Å². The summed E-state index contributed by atoms with van der Waals surface area (Å²) in [6.45, 7) is 0.189. The third-order valence-corrected chi connectivity index (χ3v) is 4.79. The quantitative estimate of drug-likeness (QED) is 0.799. The number of nitrogens with zero attached hydrogens (tertiary/aromatic N) is 3. The van der Waals surface area contributed by atoms with Crippen LogP contribution >= 0.6 is 11.6 Å². The molecule has 0 N–H and O–H groups in total. The van der Waals surface area contributed by atoms with Gasteiger partial charge in [0.25, 0.3) is 0 Å². The van der Waals surface area contributed by atoms with Crippen molar-refractivity contribution in [3.63, 3.8) is 0 Å². The summed E-state index contributed by atoms with van der Waals surface area (Å²) in [4.78, 5) is 4.29. The fourth-order valence-electron chi connectivity index (χ4n) is 2.46. The lowest BCUT2D eigenvalue weighted by Gasteiger charge is -2.26. The van der Waals surface area contributed by atoms with Gasteiger partial charge in [0.1, 0.15) is 0 Å². The summed E-state index contributed by atoms with van der Waals surface area (Å²) in [5, 5.41) is 4.49. The maximum atomic E-state index is 13.1. The van der Waals surface area contributed by atoms with Gasteiger partial charge in [-0.2, -0.15) is 17.7 Å². The van der Waals surface area contributed by atoms with Crippen molar-refractivity contribution in [3.8, 4) is 11.4 Å². The van der Waals surface area contributed by atoms with Gasteiger partial charge in [0, 0.05) is 23.7 Å². The molecule has 0 amide bonds. The molecule has 0 spiro atoms. The molecule has 0 aliphatic carbocycles. The highest BCUT2D eigenvalue weighted by atomic mass is 35.5. The summed E-state index contributed by atoms with van der Waals surface area (Å²) in [7, 11) is -4.69. The first kappa shape index (κ1) is 15.4. The minimum Gasteiger partial charge on any atom is -0.339 e. The van der Waals surface area contributed by atoms with Gasteiger partial charge in [-0.3, -0.25) is 0 Å². The predicted molar refractivity (Wildman–Crippen MR) is 78.3 cm³/mol. The van der Waals surface area contributed by atoms with E-state index in [1.54, 1.807) is 24.3 Å². The topological polar surface area (TPSA) is 76.3 Å². The SMILES string of the molecule is O=S(=O)(F)N1CCCC(c2nc(-c3ccc(Cl)cc3)no2)C1. The van der Waals surface area contributed by atoms with Gasteiger partial charge in [0.2, 0.25) is 11.7 Å². The molecule has 1 saturated heterocycles. The highest BCUT2D eigenvalue weighted by Crippen LogP contribution is 2.29. The Kier molecular flexibility index (Phi) is 4.16. The number of rotatable bonds is 3. The Morgan fingerprint density at radius 1 is 1.32 bits per heavy atom. The standard InChI is InChI=1S/C13H13ClFN3O3S/c14-11-5-3-9(4-6-11)12-16-13(21-17-12)10-2-1-7-18(8-10)22(15,19)20/h3-6,10H,1-2,7-8H2. The lowest BCUT2D eigenvalue weighted by molar-refractivity contribution is 0.258. The van der Waals surface area contributed by atoms with Gasteiger partial charge in [-0.25, -0.2) is 0 Å². The number of hydrogen-bond donors (Lipinski definition) is 0. The Balaban J connectivity index is 1.80. The number of benzene rings is 1. The van der Waals surface area contributed by atoms with Gasteiger partial charge in [-0.05, 0) is 37.1 Å². The summed E-state index contributed by atoms with van der Waals surface area (Å²) in [6, 6.07) is 6.95. The molecule has 2 aromatic rings. The lowest BCUT2D eigenvalue weighted by atomic mass is 10.00. The molecule has 9 heteroatoms. The maximum Gasteiger partial charge on any atom is 0.374 e. The van der Waals surface area contributed by atoms with Crippen LogP contribution in [-0.4, -0.2) is 36.0 Å². The van der Waals surface area contributed by atoms with Gasteiger partial charge in [-0.15, -0.1) is 0 Å². The fourth-order valence-corrected chi connectivity index (χ4v) is 3.29. The van der Waals surface area contributed by atoms with Crippen molar-refractivity contribution in [2.45, 2.75) is 18.8 Å². The average Bonchev–Trinajstić information content (AvgIpc) is 2.97. The van der Waals surface area contributed by atoms with Crippen LogP contribution in [0.25, 0.3) is 11.4 Å². The molecule has 3 rings (SSSR count). The molecule has 1 atom stereocenters. The van der Waals surface area contributed by atoms with Crippen LogP contribution in [0.15, 0.2) is 28.8 Å². The van der Waals surface area contributed by atoms with Gasteiger partial charge in [0.05, 0.1) is 5.92 Å². The van der Waals surface area contributed by atoms with Gasteiger partial charge in [-0.1, -0.05) is 20.6 Å². The summed E-state index contributed by atoms with van der Waals surface area (Å²) in [5.41, 5.74) is 0.741. The van der Waals surface area contributed by atoms with E-state index in [0.29, 0.717) is 29.6 Å². The second-order valence-electron chi connectivity index (χ2n) is 5.10. The molecule has 6 nitrogen and oxygen atoms in total. The predicted octanol–water partition coefficient (Wildman–Crippen LogP) is 2.78. The van der Waals surface area contributed by atoms with E-state index in [1.807, 2.05) is 0 Å². The van der Waals surface area contributed by atoms with Crippen LogP contribution in [0.1, 0.15) is 24.7 Å². The molecule has 1 aromatic carbocycles. The Bertz CT molecular complexity index is 763. The molecule has 1 aliphatic heterocycles. The van der Waals surface area contributed by atoms with Crippen LogP contribution in [0.4, 0.5) is 3.89 Å². The van der Waals surface area contributed by atoms with E-state index in [4.69, 9.17) is 16.1 Å². The molecule has 1 unspecified atom stereocenters. The number of aromatic nitrogens is 2. The Hall–Kier alpha value is -1.51. The van der Waals surface area contributed by atoms with E-state index in [2.05, 4.69) is 10.1 Å². The Morgan fingerprint density at radius 2 is 2.05 bits per heavy atom. The summed E-state index contributed by atoms with van der Waals surface area (Å²) in [6.07, 6.45) is 1.22. The molecular weight excluding hydrogens is 333 g/mol. The molecule has 22 heavy (non-hydrogen) atoms. The van der Waals surface area contributed by atoms with Crippen LogP contribution in [0, 0.1) is 0 Å². The summed E-state index contributed by atoms with van der Waals surface area (Å²) in [5.74, 6) is 0.415. The summed E-state index contributed by atoms with van der Waals surface area (Å²) >= 11 is 5.82. The lowest BCUT2D eigenvalue weighted by Crippen LogP contribution is -2.37. The van der Waals surface area contributed by atoms with Crippen molar-refractivity contribution in [1.82, 2.24) is 14.4 Å². The molecular formula is C13H13ClFN3O3S. The van der Waals surface area contributed by atoms with Crippen molar-refractivity contribution in [3.05, 3.63) is 35.2 Å². The smallest absolute Gasteiger partial charge is 0.339 e. The zero-order chi connectivity index (χ0) is 15.7. The third-order valence-electron chi connectivity index (χ3n) is 3.59. The van der Waals surface area contributed by atoms with E-state index in [9.17, 15) is 12.3 Å². The minimum atomic E-state index is -4.69. The van der Waals surface area contributed by atoms with Gasteiger partial charge < -0.3 is 4.52 Å². The van der Waals surface area contributed by atoms with Crippen LogP contribution in [-0.2, 0) is 10.4 Å². The monoisotopic (exact) mass is 345 g/mol. The highest BCUT2D eigenvalue weighted by Gasteiger charge is 2.32. The molecule has 0 saturated carbocycles. The van der Waals surface area contributed by atoms with Crippen LogP contribution in [0.2, 0.25) is 5.02 Å². The molecule has 1 aromatic heterocycles. The van der Waals surface area contributed by atoms with Gasteiger partial charge >= 0.3 is 10.4 Å². The molecule has 0 radical (unpaired) electrons. The van der Waals surface area contributed by atoms with E-state index >= 15 is 0 Å². The zero-order valence-electron chi connectivity index (χ0n) is 11.4. The molecule has 2 heterocycles. The zero-order valence-corrected chi connectivity index (χ0v) is 13.0. The Morgan fingerprint density at radius 3 is 2.73 bits per heavy atom. The molecule has 1 aliphatic rings. The third kappa shape index (κ3) is 3.29. The van der Waals surface area contributed by atoms with Crippen LogP contribution in [0.5, 0.6) is 0 Å². The number of piperidine rings is 1. The maximum absolute atomic E-state index is 13.1. The van der Waals surface area contributed by atoms with E-state index in [1.165, 1.54) is 0 Å². The first-order valence-corrected chi connectivity index (χ1v) is 8.44. The van der Waals surface area contributed by atoms with E-state index in [0.717, 1.165) is 9.87 Å². The normalized spacial score (nSPS) is 20.2. The first-order chi connectivity index (χ1) is 10.4. The van der Waals surface area contributed by atoms with Crippen molar-refractivity contribution in [1.29, 1.82) is 0 Å². The molecule has 0 bridgehead atoms. The van der Waals surface area contributed by atoms with Crippen LogP contribution in [0.3, 0.4) is 0 Å². The Labute approximate surface area is 132 Å². The molecule has 118 valence electrons. The van der Waals surface area contributed by atoms with Gasteiger partial charge in [0.15, 0.2) is 0 Å². The van der Waals surface area contributed by atoms with Crippen molar-refractivity contribution in [2.24, 2.45) is 0 Å². The highest BCUT2D eigenvalue weighted by molar-refractivity contribution is 7.83. The summed E-state index contributed by atoms with van der Waals surface area (Å²) < 4.78 is 41.1. The largest absolute Gasteiger partial charge is 0.374 e. The molecule has 1 fully saturated rings. The average molecular weight is 346 g/mol.